The van der Waals surface area contributed by atoms with Gasteiger partial charge in [0.2, 0.25) is 5.89 Å². The quantitative estimate of drug-likeness (QED) is 0.809. The van der Waals surface area contributed by atoms with Crippen molar-refractivity contribution in [2.75, 3.05) is 0 Å². The van der Waals surface area contributed by atoms with E-state index in [1.165, 1.54) is 25.7 Å². The van der Waals surface area contributed by atoms with E-state index in [0.29, 0.717) is 11.8 Å². The second-order valence-corrected chi connectivity index (χ2v) is 5.17. The Morgan fingerprint density at radius 2 is 2.33 bits per heavy atom. The molecule has 4 atom stereocenters. The normalized spacial score (nSPS) is 36.0. The third-order valence-corrected chi connectivity index (χ3v) is 4.03. The first kappa shape index (κ1) is 9.40. The zero-order valence-electron chi connectivity index (χ0n) is 9.15. The first-order valence-electron chi connectivity index (χ1n) is 5.95. The summed E-state index contributed by atoms with van der Waals surface area (Å²) in [5.74, 6) is 4.19. The molecule has 82 valence electrons. The molecular weight excluding hydrogens is 188 g/mol. The summed E-state index contributed by atoms with van der Waals surface area (Å²) in [4.78, 5) is 4.25. The molecule has 0 radical (unpaired) electrons. The molecule has 2 aliphatic carbocycles. The fourth-order valence-corrected chi connectivity index (χ4v) is 3.28. The lowest BCUT2D eigenvalue weighted by atomic mass is 9.87. The molecule has 15 heavy (non-hydrogen) atoms. The van der Waals surface area contributed by atoms with Gasteiger partial charge in [-0.05, 0) is 38.0 Å². The topological polar surface area (TPSA) is 52.0 Å². The third-order valence-electron chi connectivity index (χ3n) is 4.03. The van der Waals surface area contributed by atoms with Crippen LogP contribution in [0.1, 0.15) is 56.2 Å². The molecule has 1 aromatic rings. The molecule has 2 bridgehead atoms. The summed E-state index contributed by atoms with van der Waals surface area (Å²) in [5, 5.41) is 0. The van der Waals surface area contributed by atoms with Crippen LogP contribution in [0.25, 0.3) is 0 Å². The SMILES string of the molecule is CC(N)c1ncc(C2CC3CCC2C3)o1. The molecule has 0 saturated heterocycles. The number of nitrogens with zero attached hydrogens (tertiary/aromatic N) is 1. The van der Waals surface area contributed by atoms with Crippen molar-refractivity contribution < 1.29 is 4.42 Å². The van der Waals surface area contributed by atoms with Crippen molar-refractivity contribution in [1.82, 2.24) is 4.98 Å². The highest BCUT2D eigenvalue weighted by Gasteiger charge is 2.41. The first-order valence-corrected chi connectivity index (χ1v) is 5.95. The van der Waals surface area contributed by atoms with Crippen LogP contribution in [0, 0.1) is 11.8 Å². The lowest BCUT2D eigenvalue weighted by molar-refractivity contribution is 0.337. The lowest BCUT2D eigenvalue weighted by Crippen LogP contribution is -2.08. The van der Waals surface area contributed by atoms with E-state index in [0.717, 1.165) is 17.6 Å². The largest absolute Gasteiger partial charge is 0.444 e. The van der Waals surface area contributed by atoms with E-state index in [2.05, 4.69) is 4.98 Å². The Kier molecular flexibility index (Phi) is 2.09. The molecule has 0 spiro atoms. The summed E-state index contributed by atoms with van der Waals surface area (Å²) in [6, 6.07) is -0.0858. The minimum Gasteiger partial charge on any atom is -0.444 e. The Bertz CT molecular complexity index is 358. The van der Waals surface area contributed by atoms with E-state index in [-0.39, 0.29) is 6.04 Å². The van der Waals surface area contributed by atoms with Crippen LogP contribution in [0.4, 0.5) is 0 Å². The number of fused-ring (bicyclic) bond motifs is 2. The van der Waals surface area contributed by atoms with Gasteiger partial charge in [0.25, 0.3) is 0 Å². The molecule has 2 saturated carbocycles. The fraction of sp³-hybridized carbons (Fsp3) is 0.750. The predicted molar refractivity (Wildman–Crippen MR) is 57.3 cm³/mol. The van der Waals surface area contributed by atoms with E-state index in [4.69, 9.17) is 10.2 Å². The third kappa shape index (κ3) is 1.49. The van der Waals surface area contributed by atoms with Gasteiger partial charge in [0.1, 0.15) is 5.76 Å². The van der Waals surface area contributed by atoms with E-state index >= 15 is 0 Å². The molecule has 0 aromatic carbocycles. The fourth-order valence-electron chi connectivity index (χ4n) is 3.28. The molecule has 0 amide bonds. The maximum Gasteiger partial charge on any atom is 0.211 e. The lowest BCUT2D eigenvalue weighted by Gasteiger charge is -2.18. The van der Waals surface area contributed by atoms with E-state index in [9.17, 15) is 0 Å². The van der Waals surface area contributed by atoms with Crippen LogP contribution in [0.5, 0.6) is 0 Å². The Morgan fingerprint density at radius 1 is 1.47 bits per heavy atom. The Labute approximate surface area is 90.1 Å². The monoisotopic (exact) mass is 206 g/mol. The molecule has 3 nitrogen and oxygen atoms in total. The summed E-state index contributed by atoms with van der Waals surface area (Å²) in [5.41, 5.74) is 5.75. The van der Waals surface area contributed by atoms with Crippen molar-refractivity contribution in [2.24, 2.45) is 17.6 Å². The summed E-state index contributed by atoms with van der Waals surface area (Å²) < 4.78 is 5.75. The van der Waals surface area contributed by atoms with Crippen LogP contribution in [-0.4, -0.2) is 4.98 Å². The van der Waals surface area contributed by atoms with Crippen molar-refractivity contribution in [3.63, 3.8) is 0 Å². The van der Waals surface area contributed by atoms with Gasteiger partial charge < -0.3 is 10.2 Å². The zero-order chi connectivity index (χ0) is 10.4. The maximum absolute atomic E-state index is 5.75. The van der Waals surface area contributed by atoms with Crippen molar-refractivity contribution >= 4 is 0 Å². The molecule has 3 rings (SSSR count). The van der Waals surface area contributed by atoms with Crippen molar-refractivity contribution in [3.05, 3.63) is 17.8 Å². The van der Waals surface area contributed by atoms with Crippen LogP contribution in [0.15, 0.2) is 10.6 Å². The van der Waals surface area contributed by atoms with Gasteiger partial charge in [-0.3, -0.25) is 0 Å². The average Bonchev–Trinajstić information content (AvgIpc) is 2.93. The zero-order valence-corrected chi connectivity index (χ0v) is 9.15. The summed E-state index contributed by atoms with van der Waals surface area (Å²) >= 11 is 0. The van der Waals surface area contributed by atoms with Crippen LogP contribution in [0.2, 0.25) is 0 Å². The minimum atomic E-state index is -0.0858. The van der Waals surface area contributed by atoms with E-state index < -0.39 is 0 Å². The van der Waals surface area contributed by atoms with Gasteiger partial charge in [-0.1, -0.05) is 6.42 Å². The predicted octanol–water partition coefficient (Wildman–Crippen LogP) is 2.60. The summed E-state index contributed by atoms with van der Waals surface area (Å²) in [6.07, 6.45) is 7.40. The number of aromatic nitrogens is 1. The molecular formula is C12H18N2O. The first-order chi connectivity index (χ1) is 7.24. The molecule has 2 N–H and O–H groups in total. The number of nitrogens with two attached hydrogens (primary N) is 1. The molecule has 0 aliphatic heterocycles. The second kappa shape index (κ2) is 3.34. The van der Waals surface area contributed by atoms with Gasteiger partial charge in [0.05, 0.1) is 12.2 Å². The van der Waals surface area contributed by atoms with E-state index in [1.807, 2.05) is 13.1 Å². The van der Waals surface area contributed by atoms with Crippen molar-refractivity contribution in [1.29, 1.82) is 0 Å². The molecule has 1 heterocycles. The minimum absolute atomic E-state index is 0.0858. The van der Waals surface area contributed by atoms with Gasteiger partial charge in [-0.2, -0.15) is 0 Å². The maximum atomic E-state index is 5.75. The van der Waals surface area contributed by atoms with E-state index in [1.54, 1.807) is 0 Å². The highest BCUT2D eigenvalue weighted by molar-refractivity contribution is 5.10. The number of hydrogen-bond donors (Lipinski definition) is 1. The van der Waals surface area contributed by atoms with Gasteiger partial charge in [-0.25, -0.2) is 4.98 Å². The van der Waals surface area contributed by atoms with Gasteiger partial charge in [0, 0.05) is 5.92 Å². The van der Waals surface area contributed by atoms with Crippen LogP contribution >= 0.6 is 0 Å². The van der Waals surface area contributed by atoms with Crippen molar-refractivity contribution in [2.45, 2.75) is 44.6 Å². The summed E-state index contributed by atoms with van der Waals surface area (Å²) in [6.45, 7) is 1.91. The van der Waals surface area contributed by atoms with Crippen LogP contribution in [0.3, 0.4) is 0 Å². The molecule has 4 unspecified atom stereocenters. The number of hydrogen-bond acceptors (Lipinski definition) is 3. The van der Waals surface area contributed by atoms with Crippen LogP contribution < -0.4 is 5.73 Å². The standard InChI is InChI=1S/C12H18N2O/c1-7(13)12-14-6-11(15-12)10-5-8-2-3-9(10)4-8/h6-10H,2-5,13H2,1H3. The second-order valence-electron chi connectivity index (χ2n) is 5.17. The smallest absolute Gasteiger partial charge is 0.211 e. The number of oxazole rings is 1. The van der Waals surface area contributed by atoms with Gasteiger partial charge in [0.15, 0.2) is 0 Å². The molecule has 3 heteroatoms. The Balaban J connectivity index is 1.81. The molecule has 1 aromatic heterocycles. The highest BCUT2D eigenvalue weighted by atomic mass is 16.4. The molecule has 2 fully saturated rings. The number of rotatable bonds is 2. The molecule has 2 aliphatic rings. The summed E-state index contributed by atoms with van der Waals surface area (Å²) in [7, 11) is 0. The average molecular weight is 206 g/mol. The van der Waals surface area contributed by atoms with Crippen LogP contribution in [-0.2, 0) is 0 Å². The Hall–Kier alpha value is -0.830. The Morgan fingerprint density at radius 3 is 2.87 bits per heavy atom. The highest BCUT2D eigenvalue weighted by Crippen LogP contribution is 2.52. The van der Waals surface area contributed by atoms with Gasteiger partial charge >= 0.3 is 0 Å². The van der Waals surface area contributed by atoms with Gasteiger partial charge in [-0.15, -0.1) is 0 Å². The van der Waals surface area contributed by atoms with Crippen molar-refractivity contribution in [3.8, 4) is 0 Å².